The number of furan rings is 1. The predicted molar refractivity (Wildman–Crippen MR) is 126 cm³/mol. The number of thiophene rings is 1. The molecule has 0 spiro atoms. The highest BCUT2D eigenvalue weighted by Crippen LogP contribution is 2.31. The van der Waals surface area contributed by atoms with Gasteiger partial charge >= 0.3 is 5.97 Å². The molecule has 0 radical (unpaired) electrons. The van der Waals surface area contributed by atoms with E-state index >= 15 is 0 Å². The molecule has 1 amide bonds. The molecule has 0 aliphatic rings. The van der Waals surface area contributed by atoms with Gasteiger partial charge in [0.1, 0.15) is 11.5 Å². The third-order valence-electron chi connectivity index (χ3n) is 5.41. The van der Waals surface area contributed by atoms with Crippen LogP contribution in [0.4, 0.5) is 0 Å². The van der Waals surface area contributed by atoms with Crippen molar-refractivity contribution in [2.75, 3.05) is 7.11 Å². The Balaban J connectivity index is 1.80. The van der Waals surface area contributed by atoms with Crippen molar-refractivity contribution < 1.29 is 18.7 Å². The van der Waals surface area contributed by atoms with Crippen LogP contribution in [-0.4, -0.2) is 33.8 Å². The van der Waals surface area contributed by atoms with E-state index in [1.165, 1.54) is 18.4 Å². The Morgan fingerprint density at radius 2 is 2.06 bits per heavy atom. The lowest BCUT2D eigenvalue weighted by Crippen LogP contribution is -2.30. The molecule has 1 N–H and O–H groups in total. The lowest BCUT2D eigenvalue weighted by atomic mass is 10.1. The molecule has 4 rings (SSSR count). The van der Waals surface area contributed by atoms with Crippen molar-refractivity contribution >= 4 is 34.2 Å². The molecule has 0 fully saturated rings. The fraction of sp³-hybridized carbons (Fsp3) is 0.333. The van der Waals surface area contributed by atoms with Crippen molar-refractivity contribution in [2.45, 2.75) is 46.2 Å². The van der Waals surface area contributed by atoms with Crippen LogP contribution in [0, 0.1) is 13.8 Å². The van der Waals surface area contributed by atoms with Gasteiger partial charge in [-0.1, -0.05) is 6.07 Å². The molecule has 0 saturated carbocycles. The number of nitrogens with zero attached hydrogens (tertiary/aromatic N) is 3. The Kier molecular flexibility index (Phi) is 6.33. The Morgan fingerprint density at radius 3 is 2.67 bits per heavy atom. The lowest BCUT2D eigenvalue weighted by molar-refractivity contribution is -0.141. The number of aromatic nitrogens is 3. The largest absolute Gasteiger partial charge is 0.469 e. The maximum absolute atomic E-state index is 13.5. The molecule has 0 bridgehead atoms. The van der Waals surface area contributed by atoms with Crippen LogP contribution in [-0.2, 0) is 9.53 Å². The first-order valence-corrected chi connectivity index (χ1v) is 11.5. The number of carbonyl (C=O) groups is 2. The Labute approximate surface area is 195 Å². The van der Waals surface area contributed by atoms with Crippen LogP contribution in [0.2, 0.25) is 0 Å². The van der Waals surface area contributed by atoms with E-state index in [0.29, 0.717) is 22.3 Å². The quantitative estimate of drug-likeness (QED) is 0.386. The third kappa shape index (κ3) is 4.54. The minimum atomic E-state index is -0.505. The van der Waals surface area contributed by atoms with E-state index in [0.717, 1.165) is 22.0 Å². The molecule has 0 aliphatic heterocycles. The molecular weight excluding hydrogens is 440 g/mol. The van der Waals surface area contributed by atoms with E-state index in [9.17, 15) is 9.59 Å². The highest BCUT2D eigenvalue weighted by molar-refractivity contribution is 7.10. The fourth-order valence-electron chi connectivity index (χ4n) is 3.81. The molecule has 4 heterocycles. The first kappa shape index (κ1) is 22.7. The van der Waals surface area contributed by atoms with Crippen LogP contribution in [0.25, 0.3) is 22.3 Å². The number of hydrogen-bond donors (Lipinski definition) is 1. The Bertz CT molecular complexity index is 1300. The number of ether oxygens (including phenoxy) is 1. The van der Waals surface area contributed by atoms with Gasteiger partial charge in [0.05, 0.1) is 42.4 Å². The second-order valence-corrected chi connectivity index (χ2v) is 9.10. The maximum Gasteiger partial charge on any atom is 0.307 e. The molecule has 33 heavy (non-hydrogen) atoms. The number of nitrogens with one attached hydrogen (secondary N) is 1. The van der Waals surface area contributed by atoms with Crippen molar-refractivity contribution in [1.29, 1.82) is 0 Å². The summed E-state index contributed by atoms with van der Waals surface area (Å²) in [6.45, 7) is 7.77. The summed E-state index contributed by atoms with van der Waals surface area (Å²) in [6.07, 6.45) is 1.70. The van der Waals surface area contributed by atoms with Crippen molar-refractivity contribution in [2.24, 2.45) is 0 Å². The zero-order chi connectivity index (χ0) is 23.7. The summed E-state index contributed by atoms with van der Waals surface area (Å²) in [5, 5.41) is 10.0. The van der Waals surface area contributed by atoms with Gasteiger partial charge in [-0.15, -0.1) is 11.3 Å². The number of aryl methyl sites for hydroxylation is 2. The monoisotopic (exact) mass is 466 g/mol. The van der Waals surface area contributed by atoms with Gasteiger partial charge in [0.2, 0.25) is 0 Å². The Morgan fingerprint density at radius 1 is 1.27 bits per heavy atom. The molecule has 0 aromatic carbocycles. The van der Waals surface area contributed by atoms with E-state index in [-0.39, 0.29) is 18.4 Å². The molecule has 1 atom stereocenters. The lowest BCUT2D eigenvalue weighted by Gasteiger charge is -2.17. The number of amides is 1. The van der Waals surface area contributed by atoms with Crippen LogP contribution in [0.3, 0.4) is 0 Å². The van der Waals surface area contributed by atoms with Gasteiger partial charge in [0, 0.05) is 16.5 Å². The summed E-state index contributed by atoms with van der Waals surface area (Å²) in [4.78, 5) is 31.2. The van der Waals surface area contributed by atoms with Crippen LogP contribution in [0.15, 0.2) is 40.3 Å². The third-order valence-corrected chi connectivity index (χ3v) is 6.39. The average molecular weight is 467 g/mol. The number of carbonyl (C=O) groups excluding carboxylic acids is 2. The van der Waals surface area contributed by atoms with Gasteiger partial charge in [-0.25, -0.2) is 9.67 Å². The molecule has 1 unspecified atom stereocenters. The standard InChI is InChI=1S/C24H26N4O4S/c1-13(2)28-23-18(12-25-28)17(10-19(26-23)16-9-14(3)32-15(16)4)24(30)27-20(11-22(29)31-5)21-7-6-8-33-21/h6-10,12-13,20H,11H2,1-5H3,(H,27,30). The second kappa shape index (κ2) is 9.19. The number of methoxy groups -OCH3 is 1. The zero-order valence-corrected chi connectivity index (χ0v) is 20.0. The number of hydrogen-bond acceptors (Lipinski definition) is 7. The summed E-state index contributed by atoms with van der Waals surface area (Å²) >= 11 is 1.47. The van der Waals surface area contributed by atoms with E-state index in [4.69, 9.17) is 14.1 Å². The van der Waals surface area contributed by atoms with E-state index in [1.54, 1.807) is 16.9 Å². The molecule has 0 aliphatic carbocycles. The summed E-state index contributed by atoms with van der Waals surface area (Å²) in [7, 11) is 1.34. The highest BCUT2D eigenvalue weighted by Gasteiger charge is 2.24. The Hall–Kier alpha value is -3.46. The van der Waals surface area contributed by atoms with Gasteiger partial charge in [0.15, 0.2) is 5.65 Å². The predicted octanol–water partition coefficient (Wildman–Crippen LogP) is 4.98. The SMILES string of the molecule is COC(=O)CC(NC(=O)c1cc(-c2cc(C)oc2C)nc2c1cnn2C(C)C)c1cccs1. The number of esters is 1. The summed E-state index contributed by atoms with van der Waals surface area (Å²) in [5.74, 6) is 0.783. The molecule has 4 aromatic heterocycles. The molecule has 0 saturated heterocycles. The maximum atomic E-state index is 13.5. The highest BCUT2D eigenvalue weighted by atomic mass is 32.1. The molecule has 4 aromatic rings. The van der Waals surface area contributed by atoms with Crippen molar-refractivity contribution in [3.8, 4) is 11.3 Å². The first-order chi connectivity index (χ1) is 15.8. The van der Waals surface area contributed by atoms with Crippen LogP contribution >= 0.6 is 11.3 Å². The van der Waals surface area contributed by atoms with E-state index < -0.39 is 12.0 Å². The van der Waals surface area contributed by atoms with Gasteiger partial charge in [-0.05, 0) is 51.3 Å². The zero-order valence-electron chi connectivity index (χ0n) is 19.2. The van der Waals surface area contributed by atoms with Gasteiger partial charge in [-0.2, -0.15) is 5.10 Å². The number of pyridine rings is 1. The number of fused-ring (bicyclic) bond motifs is 1. The molecule has 172 valence electrons. The smallest absolute Gasteiger partial charge is 0.307 e. The summed E-state index contributed by atoms with van der Waals surface area (Å²) in [6, 6.07) is 7.00. The van der Waals surface area contributed by atoms with Crippen LogP contribution in [0.1, 0.15) is 59.1 Å². The minimum Gasteiger partial charge on any atom is -0.469 e. The average Bonchev–Trinajstić information content (AvgIpc) is 3.51. The van der Waals surface area contributed by atoms with Crippen LogP contribution in [0.5, 0.6) is 0 Å². The molecular formula is C24H26N4O4S. The minimum absolute atomic E-state index is 0.0368. The summed E-state index contributed by atoms with van der Waals surface area (Å²) < 4.78 is 12.3. The summed E-state index contributed by atoms with van der Waals surface area (Å²) in [5.41, 5.74) is 2.51. The van der Waals surface area contributed by atoms with E-state index in [1.807, 2.05) is 51.3 Å². The fourth-order valence-corrected chi connectivity index (χ4v) is 4.58. The van der Waals surface area contributed by atoms with Gasteiger partial charge < -0.3 is 14.5 Å². The first-order valence-electron chi connectivity index (χ1n) is 10.6. The second-order valence-electron chi connectivity index (χ2n) is 8.12. The van der Waals surface area contributed by atoms with Crippen molar-refractivity contribution in [3.63, 3.8) is 0 Å². The number of rotatable bonds is 7. The van der Waals surface area contributed by atoms with Gasteiger partial charge in [-0.3, -0.25) is 9.59 Å². The molecule has 8 nitrogen and oxygen atoms in total. The van der Waals surface area contributed by atoms with Crippen molar-refractivity contribution in [3.05, 3.63) is 57.8 Å². The topological polar surface area (TPSA) is 99.2 Å². The van der Waals surface area contributed by atoms with Crippen molar-refractivity contribution in [1.82, 2.24) is 20.1 Å². The normalized spacial score (nSPS) is 12.3. The van der Waals surface area contributed by atoms with Gasteiger partial charge in [0.25, 0.3) is 5.91 Å². The molecule has 9 heteroatoms. The van der Waals surface area contributed by atoms with E-state index in [2.05, 4.69) is 10.4 Å². The van der Waals surface area contributed by atoms with Crippen LogP contribution < -0.4 is 5.32 Å².